The summed E-state index contributed by atoms with van der Waals surface area (Å²) in [5, 5.41) is 6.01. The molecule has 0 spiro atoms. The molecule has 3 aliphatic rings. The summed E-state index contributed by atoms with van der Waals surface area (Å²) in [6.07, 6.45) is 11.8. The maximum Gasteiger partial charge on any atom is 0.225 e. The van der Waals surface area contributed by atoms with Crippen LogP contribution in [0, 0.1) is 11.8 Å². The topological polar surface area (TPSA) is 129 Å². The van der Waals surface area contributed by atoms with Crippen molar-refractivity contribution in [2.24, 2.45) is 16.8 Å². The minimum atomic E-state index is 0.0557. The Balaban J connectivity index is 0.000000161. The van der Waals surface area contributed by atoms with Crippen molar-refractivity contribution >= 4 is 84.2 Å². The zero-order chi connectivity index (χ0) is 32.8. The molecule has 14 heteroatoms. The molecule has 0 saturated heterocycles. The largest absolute Gasteiger partial charge is 0.349 e. The molecule has 11 nitrogen and oxygen atoms in total. The Morgan fingerprint density at radius 1 is 0.830 bits per heavy atom. The molecule has 1 N–H and O–H groups in total. The van der Waals surface area contributed by atoms with Gasteiger partial charge < -0.3 is 15.1 Å². The summed E-state index contributed by atoms with van der Waals surface area (Å²) in [4.78, 5) is 58.3. The normalized spacial score (nSPS) is 17.8. The predicted molar refractivity (Wildman–Crippen MR) is 187 cm³/mol. The molecule has 2 amide bonds. The summed E-state index contributed by atoms with van der Waals surface area (Å²) in [5.41, 5.74) is 5.47. The number of nitrogens with zero attached hydrogens (tertiary/aromatic N) is 8. The van der Waals surface area contributed by atoms with E-state index in [-0.39, 0.29) is 23.7 Å². The van der Waals surface area contributed by atoms with Crippen molar-refractivity contribution in [1.29, 1.82) is 0 Å². The van der Waals surface area contributed by atoms with Crippen LogP contribution in [0.15, 0.2) is 29.9 Å². The van der Waals surface area contributed by atoms with Crippen LogP contribution >= 0.6 is 34.3 Å². The van der Waals surface area contributed by atoms with Crippen molar-refractivity contribution < 1.29 is 9.59 Å². The quantitative estimate of drug-likeness (QED) is 0.246. The fraction of sp³-hybridized carbons (Fsp3) is 0.394. The number of anilines is 2. The highest BCUT2D eigenvalue weighted by Crippen LogP contribution is 2.41. The van der Waals surface area contributed by atoms with Crippen molar-refractivity contribution in [3.63, 3.8) is 0 Å². The van der Waals surface area contributed by atoms with Crippen LogP contribution in [0.5, 0.6) is 0 Å². The van der Waals surface area contributed by atoms with E-state index in [0.717, 1.165) is 81.7 Å². The highest BCUT2D eigenvalue weighted by atomic mass is 35.5. The van der Waals surface area contributed by atoms with Crippen molar-refractivity contribution in [3.8, 4) is 0 Å². The molecule has 6 heterocycles. The van der Waals surface area contributed by atoms with Gasteiger partial charge in [-0.3, -0.25) is 19.6 Å². The smallest absolute Gasteiger partial charge is 0.225 e. The molecule has 1 aliphatic heterocycles. The number of rotatable bonds is 4. The van der Waals surface area contributed by atoms with Crippen LogP contribution in [0.3, 0.4) is 0 Å². The second kappa shape index (κ2) is 12.9. The third-order valence-corrected chi connectivity index (χ3v) is 11.6. The van der Waals surface area contributed by atoms with Crippen molar-refractivity contribution in [3.05, 3.63) is 62.2 Å². The monoisotopic (exact) mass is 687 g/mol. The van der Waals surface area contributed by atoms with Gasteiger partial charge in [0.1, 0.15) is 33.3 Å². The standard InChI is InChI=1S/C20H20N6OS.C13H14ClN3OS/c1-26(2)20(27)11-3-4-14-16(6-11)28-19-17(14)18(23-10-24-19)25-13-5-12-7-21-9-15(12)22-8-13;1-17(2)13(18)7-3-4-8-9(5-7)19-12-10(8)11(14)15-6-16-12/h5,7-8,10-11H,3-4,6,9H2,1-2H3,(H,23,24,25);6-7H,3-5H2,1-2H3. The van der Waals surface area contributed by atoms with E-state index >= 15 is 0 Å². The van der Waals surface area contributed by atoms with E-state index in [1.165, 1.54) is 27.2 Å². The second-order valence-electron chi connectivity index (χ2n) is 12.5. The molecule has 8 rings (SSSR count). The highest BCUT2D eigenvalue weighted by molar-refractivity contribution is 7.19. The van der Waals surface area contributed by atoms with Crippen LogP contribution in [-0.2, 0) is 41.8 Å². The Hall–Kier alpha value is -4.07. The van der Waals surface area contributed by atoms with E-state index in [9.17, 15) is 9.59 Å². The number of hydrogen-bond acceptors (Lipinski definition) is 11. The molecule has 0 bridgehead atoms. The Labute approximate surface area is 285 Å². The second-order valence-corrected chi connectivity index (χ2v) is 15.0. The maximum absolute atomic E-state index is 12.4. The third-order valence-electron chi connectivity index (χ3n) is 8.96. The van der Waals surface area contributed by atoms with Crippen LogP contribution in [0.25, 0.3) is 20.4 Å². The van der Waals surface area contributed by atoms with Crippen molar-refractivity contribution in [2.45, 2.75) is 45.1 Å². The van der Waals surface area contributed by atoms with E-state index in [4.69, 9.17) is 11.6 Å². The Kier molecular flexibility index (Phi) is 8.62. The van der Waals surface area contributed by atoms with Crippen LogP contribution in [0.4, 0.5) is 11.5 Å². The van der Waals surface area contributed by atoms with E-state index in [1.807, 2.05) is 40.6 Å². The number of nitrogens with one attached hydrogen (secondary N) is 1. The lowest BCUT2D eigenvalue weighted by atomic mass is 9.87. The molecule has 5 aromatic heterocycles. The average molecular weight is 688 g/mol. The van der Waals surface area contributed by atoms with Gasteiger partial charge in [-0.05, 0) is 55.7 Å². The fourth-order valence-electron chi connectivity index (χ4n) is 6.62. The number of fused-ring (bicyclic) bond motifs is 7. The van der Waals surface area contributed by atoms with E-state index in [1.54, 1.807) is 38.8 Å². The van der Waals surface area contributed by atoms with Gasteiger partial charge in [0.15, 0.2) is 0 Å². The zero-order valence-electron chi connectivity index (χ0n) is 26.6. The highest BCUT2D eigenvalue weighted by Gasteiger charge is 2.31. The lowest BCUT2D eigenvalue weighted by Crippen LogP contribution is -2.32. The number of thiophene rings is 2. The first-order chi connectivity index (χ1) is 22.7. The van der Waals surface area contributed by atoms with Gasteiger partial charge in [0, 0.05) is 61.6 Å². The number of carbonyl (C=O) groups is 2. The SMILES string of the molecule is CN(C)C(=O)C1CCc2c(sc3ncnc(Cl)c23)C1.CN(C)C(=O)C1CCc2c(sc3ncnc(Nc4cnc5c(c4)C=NC5)c23)C1. The molecule has 0 aromatic carbocycles. The molecule has 0 fully saturated rings. The molecular formula is C33H34ClN9O2S2. The number of aromatic nitrogens is 5. The van der Waals surface area contributed by atoms with Gasteiger partial charge in [-0.2, -0.15) is 0 Å². The Morgan fingerprint density at radius 3 is 2.06 bits per heavy atom. The van der Waals surface area contributed by atoms with Crippen LogP contribution in [0.2, 0.25) is 5.15 Å². The van der Waals surface area contributed by atoms with Crippen molar-refractivity contribution in [1.82, 2.24) is 34.7 Å². The van der Waals surface area contributed by atoms with Gasteiger partial charge in [0.2, 0.25) is 11.8 Å². The molecule has 0 saturated carbocycles. The minimum Gasteiger partial charge on any atom is -0.349 e. The summed E-state index contributed by atoms with van der Waals surface area (Å²) >= 11 is 9.48. The predicted octanol–water partition coefficient (Wildman–Crippen LogP) is 5.49. The van der Waals surface area contributed by atoms with Gasteiger partial charge in [0.05, 0.1) is 34.9 Å². The molecule has 47 heavy (non-hydrogen) atoms. The van der Waals surface area contributed by atoms with Gasteiger partial charge in [-0.1, -0.05) is 11.6 Å². The lowest BCUT2D eigenvalue weighted by Gasteiger charge is -2.24. The first-order valence-corrected chi connectivity index (χ1v) is 17.5. The number of aliphatic imine (C=N–C) groups is 1. The molecule has 2 aliphatic carbocycles. The number of amides is 2. The van der Waals surface area contributed by atoms with Gasteiger partial charge >= 0.3 is 0 Å². The molecule has 2 unspecified atom stereocenters. The summed E-state index contributed by atoms with van der Waals surface area (Å²) < 4.78 is 0. The summed E-state index contributed by atoms with van der Waals surface area (Å²) in [6.45, 7) is 0.651. The number of aryl methyl sites for hydroxylation is 2. The Morgan fingerprint density at radius 2 is 1.43 bits per heavy atom. The summed E-state index contributed by atoms with van der Waals surface area (Å²) in [7, 11) is 7.27. The van der Waals surface area contributed by atoms with Crippen molar-refractivity contribution in [2.75, 3.05) is 33.5 Å². The van der Waals surface area contributed by atoms with Gasteiger partial charge in [0.25, 0.3) is 0 Å². The lowest BCUT2D eigenvalue weighted by molar-refractivity contribution is -0.134. The number of hydrogen-bond donors (Lipinski definition) is 1. The fourth-order valence-corrected chi connectivity index (χ4v) is 9.46. The van der Waals surface area contributed by atoms with E-state index in [0.29, 0.717) is 11.7 Å². The first-order valence-electron chi connectivity index (χ1n) is 15.5. The number of pyridine rings is 1. The number of carbonyl (C=O) groups excluding carboxylic acids is 2. The van der Waals surface area contributed by atoms with Gasteiger partial charge in [-0.25, -0.2) is 19.9 Å². The maximum atomic E-state index is 12.4. The summed E-state index contributed by atoms with van der Waals surface area (Å²) in [5.74, 6) is 1.36. The first kappa shape index (κ1) is 31.5. The third kappa shape index (κ3) is 6.07. The zero-order valence-corrected chi connectivity index (χ0v) is 29.0. The summed E-state index contributed by atoms with van der Waals surface area (Å²) in [6, 6.07) is 2.05. The Bertz CT molecular complexity index is 2050. The molecule has 2 atom stereocenters. The number of halogens is 1. The van der Waals surface area contributed by atoms with Crippen LogP contribution < -0.4 is 5.32 Å². The molecule has 0 radical (unpaired) electrons. The average Bonchev–Trinajstić information content (AvgIpc) is 3.79. The minimum absolute atomic E-state index is 0.0557. The molecule has 5 aromatic rings. The van der Waals surface area contributed by atoms with Crippen LogP contribution in [0.1, 0.15) is 45.0 Å². The molecular weight excluding hydrogens is 654 g/mol. The molecule has 242 valence electrons. The van der Waals surface area contributed by atoms with Gasteiger partial charge in [-0.15, -0.1) is 22.7 Å². The van der Waals surface area contributed by atoms with E-state index < -0.39 is 0 Å². The van der Waals surface area contributed by atoms with Crippen LogP contribution in [-0.4, -0.2) is 80.9 Å². The van der Waals surface area contributed by atoms with E-state index in [2.05, 4.69) is 41.3 Å².